The van der Waals surface area contributed by atoms with E-state index >= 15 is 0 Å². The number of hydrogen-bond donors (Lipinski definition) is 5. The molecule has 0 radical (unpaired) electrons. The van der Waals surface area contributed by atoms with Crippen molar-refractivity contribution in [2.75, 3.05) is 12.3 Å². The molecule has 28 heavy (non-hydrogen) atoms. The van der Waals surface area contributed by atoms with Gasteiger partial charge in [0, 0.05) is 0 Å². The van der Waals surface area contributed by atoms with Crippen molar-refractivity contribution < 1.29 is 43.4 Å². The third kappa shape index (κ3) is 3.98. The van der Waals surface area contributed by atoms with Crippen LogP contribution in [0.4, 0.5) is 5.82 Å². The van der Waals surface area contributed by atoms with Crippen molar-refractivity contribution in [2.45, 2.75) is 37.6 Å². The molecule has 2 unspecified atom stereocenters. The van der Waals surface area contributed by atoms with Crippen LogP contribution < -0.4 is 5.73 Å². The van der Waals surface area contributed by atoms with Crippen LogP contribution in [-0.2, 0) is 23.1 Å². The summed E-state index contributed by atoms with van der Waals surface area (Å²) in [5, 5.41) is 29.4. The van der Waals surface area contributed by atoms with Gasteiger partial charge in [0.25, 0.3) is 0 Å². The third-order valence-corrected chi connectivity index (χ3v) is 4.83. The van der Waals surface area contributed by atoms with Crippen LogP contribution in [0, 0.1) is 0 Å². The highest BCUT2D eigenvalue weighted by atomic mass is 31.2. The van der Waals surface area contributed by atoms with Crippen molar-refractivity contribution >= 4 is 30.8 Å². The lowest BCUT2D eigenvalue weighted by Crippen LogP contribution is -2.33. The predicted octanol–water partition coefficient (Wildman–Crippen LogP) is -1.93. The monoisotopic (exact) mass is 419 g/mol. The second-order valence-electron chi connectivity index (χ2n) is 5.98. The highest BCUT2D eigenvalue weighted by Gasteiger charge is 2.45. The fourth-order valence-electron chi connectivity index (χ4n) is 2.54. The Labute approximate surface area is 157 Å². The van der Waals surface area contributed by atoms with Crippen LogP contribution in [-0.4, -0.2) is 76.7 Å². The van der Waals surface area contributed by atoms with Gasteiger partial charge in [-0.2, -0.15) is 0 Å². The standard InChI is InChI=1S/C13H18N5O9P/c1-5(19)13(22)27-28(23,24)25-2-6-8(20)9(21)12(26-6)18-4-17-7-10(14)15-3-16-11(7)18/h3-6,8-9,12,19-21H,2H2,1H3,(H,23,24)(H2,14,15,16)/t5?,6-,8-,9-,12-/m1/s1. The van der Waals surface area contributed by atoms with E-state index in [1.165, 1.54) is 17.2 Å². The number of fused-ring (bicyclic) bond motifs is 1. The van der Waals surface area contributed by atoms with E-state index in [0.717, 1.165) is 6.92 Å². The Hall–Kier alpha value is -2.19. The van der Waals surface area contributed by atoms with Gasteiger partial charge in [0.15, 0.2) is 17.7 Å². The molecule has 0 bridgehead atoms. The van der Waals surface area contributed by atoms with Crippen molar-refractivity contribution in [3.8, 4) is 0 Å². The molecule has 1 saturated heterocycles. The molecule has 6 N–H and O–H groups in total. The first-order valence-electron chi connectivity index (χ1n) is 7.94. The summed E-state index contributed by atoms with van der Waals surface area (Å²) in [6.45, 7) is 0.345. The Balaban J connectivity index is 1.71. The van der Waals surface area contributed by atoms with Crippen LogP contribution in [0.2, 0.25) is 0 Å². The Kier molecular flexibility index (Phi) is 5.63. The minimum absolute atomic E-state index is 0.109. The Bertz CT molecular complexity index is 921. The number of ether oxygens (including phenoxy) is 1. The fraction of sp³-hybridized carbons (Fsp3) is 0.538. The van der Waals surface area contributed by atoms with Crippen molar-refractivity contribution in [1.29, 1.82) is 0 Å². The minimum atomic E-state index is -4.87. The minimum Gasteiger partial charge on any atom is -0.387 e. The van der Waals surface area contributed by atoms with E-state index in [9.17, 15) is 24.5 Å². The number of aliphatic hydroxyl groups is 3. The quantitative estimate of drug-likeness (QED) is 0.323. The number of imidazole rings is 1. The largest absolute Gasteiger partial charge is 0.529 e. The van der Waals surface area contributed by atoms with Crippen molar-refractivity contribution in [3.63, 3.8) is 0 Å². The Morgan fingerprint density at radius 2 is 2.11 bits per heavy atom. The molecule has 6 atom stereocenters. The number of rotatable bonds is 6. The number of hydrogen-bond acceptors (Lipinski definition) is 12. The van der Waals surface area contributed by atoms with Gasteiger partial charge in [-0.25, -0.2) is 24.3 Å². The van der Waals surface area contributed by atoms with Gasteiger partial charge in [-0.1, -0.05) is 0 Å². The van der Waals surface area contributed by atoms with Crippen LogP contribution in [0.15, 0.2) is 12.7 Å². The van der Waals surface area contributed by atoms with Gasteiger partial charge in [0.1, 0.15) is 36.3 Å². The number of nitrogens with two attached hydrogens (primary N) is 1. The summed E-state index contributed by atoms with van der Waals surface area (Å²) >= 11 is 0. The lowest BCUT2D eigenvalue weighted by molar-refractivity contribution is -0.144. The summed E-state index contributed by atoms with van der Waals surface area (Å²) in [4.78, 5) is 32.5. The predicted molar refractivity (Wildman–Crippen MR) is 89.2 cm³/mol. The smallest absolute Gasteiger partial charge is 0.387 e. The molecule has 3 heterocycles. The van der Waals surface area contributed by atoms with Gasteiger partial charge < -0.3 is 30.3 Å². The number of aliphatic hydroxyl groups excluding tert-OH is 3. The molecular formula is C13H18N5O9P. The summed E-state index contributed by atoms with van der Waals surface area (Å²) in [7, 11) is -4.87. The lowest BCUT2D eigenvalue weighted by Gasteiger charge is -2.17. The number of carbonyl (C=O) groups is 1. The number of aromatic nitrogens is 4. The van der Waals surface area contributed by atoms with Crippen molar-refractivity contribution in [2.24, 2.45) is 0 Å². The van der Waals surface area contributed by atoms with Gasteiger partial charge in [-0.15, -0.1) is 0 Å². The number of carbonyl (C=O) groups excluding carboxylic acids is 1. The van der Waals surface area contributed by atoms with Crippen LogP contribution in [0.3, 0.4) is 0 Å². The van der Waals surface area contributed by atoms with E-state index in [1.54, 1.807) is 0 Å². The van der Waals surface area contributed by atoms with Gasteiger partial charge in [-0.3, -0.25) is 14.0 Å². The molecule has 2 aromatic heterocycles. The summed E-state index contributed by atoms with van der Waals surface area (Å²) in [6, 6.07) is 0. The van der Waals surface area contributed by atoms with Crippen molar-refractivity contribution in [3.05, 3.63) is 12.7 Å². The maximum absolute atomic E-state index is 11.7. The van der Waals surface area contributed by atoms with Crippen LogP contribution >= 0.6 is 7.82 Å². The SMILES string of the molecule is CC(O)C(=O)OP(=O)(O)OC[C@H]1O[C@@H](n2cnc3c(N)ncnc32)[C@H](O)[C@@H]1O. The second-order valence-corrected chi connectivity index (χ2v) is 7.36. The van der Waals surface area contributed by atoms with E-state index in [-0.39, 0.29) is 17.0 Å². The first-order valence-corrected chi connectivity index (χ1v) is 9.43. The molecule has 1 aliphatic rings. The zero-order valence-electron chi connectivity index (χ0n) is 14.4. The first-order chi connectivity index (χ1) is 13.1. The highest BCUT2D eigenvalue weighted by molar-refractivity contribution is 7.48. The van der Waals surface area contributed by atoms with E-state index in [0.29, 0.717) is 0 Å². The Morgan fingerprint density at radius 3 is 2.79 bits per heavy atom. The fourth-order valence-corrected chi connectivity index (χ4v) is 3.30. The van der Waals surface area contributed by atoms with E-state index in [4.69, 9.17) is 15.6 Å². The molecule has 1 fully saturated rings. The molecule has 0 spiro atoms. The summed E-state index contributed by atoms with van der Waals surface area (Å²) in [6.07, 6.45) is -4.53. The van der Waals surface area contributed by atoms with Gasteiger partial charge in [0.2, 0.25) is 0 Å². The Morgan fingerprint density at radius 1 is 1.39 bits per heavy atom. The second kappa shape index (κ2) is 7.67. The van der Waals surface area contributed by atoms with Gasteiger partial charge in [-0.05, 0) is 6.92 Å². The van der Waals surface area contributed by atoms with E-state index < -0.39 is 51.0 Å². The van der Waals surface area contributed by atoms with Crippen LogP contribution in [0.25, 0.3) is 11.2 Å². The zero-order valence-corrected chi connectivity index (χ0v) is 15.3. The molecule has 0 saturated carbocycles. The molecule has 2 aromatic rings. The average Bonchev–Trinajstić information content (AvgIpc) is 3.16. The maximum atomic E-state index is 11.7. The number of phosphoric acid groups is 1. The molecule has 0 aromatic carbocycles. The topological polar surface area (TPSA) is 212 Å². The molecule has 0 aliphatic carbocycles. The molecule has 15 heteroatoms. The molecular weight excluding hydrogens is 401 g/mol. The highest BCUT2D eigenvalue weighted by Crippen LogP contribution is 2.45. The van der Waals surface area contributed by atoms with E-state index in [1.807, 2.05) is 0 Å². The summed E-state index contributed by atoms with van der Waals surface area (Å²) in [5.41, 5.74) is 6.20. The summed E-state index contributed by atoms with van der Waals surface area (Å²) < 4.78 is 27.3. The summed E-state index contributed by atoms with van der Waals surface area (Å²) in [5.74, 6) is -1.25. The molecule has 154 valence electrons. The molecule has 0 amide bonds. The van der Waals surface area contributed by atoms with Crippen molar-refractivity contribution in [1.82, 2.24) is 19.5 Å². The number of phosphoric ester groups is 1. The average molecular weight is 419 g/mol. The van der Waals surface area contributed by atoms with Crippen LogP contribution in [0.1, 0.15) is 13.2 Å². The van der Waals surface area contributed by atoms with Gasteiger partial charge in [0.05, 0.1) is 12.9 Å². The zero-order chi connectivity index (χ0) is 20.6. The maximum Gasteiger partial charge on any atom is 0.529 e. The normalized spacial score (nSPS) is 28.2. The number of nitrogens with zero attached hydrogens (tertiary/aromatic N) is 4. The molecule has 14 nitrogen and oxygen atoms in total. The molecule has 1 aliphatic heterocycles. The van der Waals surface area contributed by atoms with Crippen LogP contribution in [0.5, 0.6) is 0 Å². The third-order valence-electron chi connectivity index (χ3n) is 3.95. The lowest BCUT2D eigenvalue weighted by atomic mass is 10.1. The van der Waals surface area contributed by atoms with Gasteiger partial charge >= 0.3 is 13.8 Å². The molecule has 3 rings (SSSR count). The number of nitrogen functional groups attached to an aromatic ring is 1. The van der Waals surface area contributed by atoms with E-state index in [2.05, 4.69) is 24.0 Å². The first kappa shape index (κ1) is 20.5. The number of anilines is 1.